The van der Waals surface area contributed by atoms with Gasteiger partial charge in [-0.3, -0.25) is 9.59 Å². The van der Waals surface area contributed by atoms with Gasteiger partial charge in [0.05, 0.1) is 18.8 Å². The van der Waals surface area contributed by atoms with Gasteiger partial charge in [-0.25, -0.2) is 4.79 Å². The van der Waals surface area contributed by atoms with E-state index in [9.17, 15) is 14.4 Å². The molecule has 1 heterocycles. The Morgan fingerprint density at radius 2 is 2.14 bits per heavy atom. The van der Waals surface area contributed by atoms with E-state index in [1.165, 1.54) is 0 Å². The second kappa shape index (κ2) is 7.40. The molecule has 1 saturated heterocycles. The second-order valence-corrected chi connectivity index (χ2v) is 6.34. The predicted molar refractivity (Wildman–Crippen MR) is 77.6 cm³/mol. The maximum absolute atomic E-state index is 12.2. The normalized spacial score (nSPS) is 20.0. The zero-order valence-electron chi connectivity index (χ0n) is 12.9. The number of carbonyl (C=O) groups excluding carboxylic acids is 3. The van der Waals surface area contributed by atoms with Crippen LogP contribution in [-0.4, -0.2) is 42.5 Å². The molecular weight excluding hydrogens is 274 g/mol. The van der Waals surface area contributed by atoms with Crippen molar-refractivity contribution in [1.29, 1.82) is 0 Å². The lowest BCUT2D eigenvalue weighted by Crippen LogP contribution is -2.40. The number of hydrogen-bond acceptors (Lipinski definition) is 4. The van der Waals surface area contributed by atoms with Gasteiger partial charge in [-0.1, -0.05) is 0 Å². The molecule has 0 bridgehead atoms. The molecule has 4 N–H and O–H groups in total. The first-order valence-corrected chi connectivity index (χ1v) is 7.16. The number of Topliss-reactive ketones (excluding diaryl/α,β-unsaturated/α-hetero) is 1. The maximum Gasteiger partial charge on any atom is 0.312 e. The summed E-state index contributed by atoms with van der Waals surface area (Å²) in [6.07, 6.45) is 1.73. The van der Waals surface area contributed by atoms with Crippen LogP contribution in [0.5, 0.6) is 0 Å². The Balaban J connectivity index is 2.57. The predicted octanol–water partition coefficient (Wildman–Crippen LogP) is 0.324. The molecule has 2 unspecified atom stereocenters. The van der Waals surface area contributed by atoms with Gasteiger partial charge in [-0.05, 0) is 33.6 Å². The summed E-state index contributed by atoms with van der Waals surface area (Å²) < 4.78 is 5.68. The fourth-order valence-corrected chi connectivity index (χ4v) is 2.16. The number of ether oxygens (including phenoxy) is 1. The average molecular weight is 299 g/mol. The fourth-order valence-electron chi connectivity index (χ4n) is 2.16. The number of urea groups is 1. The summed E-state index contributed by atoms with van der Waals surface area (Å²) in [5, 5.41) is 5.15. The zero-order chi connectivity index (χ0) is 16.0. The van der Waals surface area contributed by atoms with E-state index >= 15 is 0 Å². The molecule has 0 saturated carbocycles. The molecule has 21 heavy (non-hydrogen) atoms. The van der Waals surface area contributed by atoms with Crippen LogP contribution in [0.25, 0.3) is 0 Å². The molecule has 0 aromatic rings. The van der Waals surface area contributed by atoms with Crippen molar-refractivity contribution in [3.05, 3.63) is 0 Å². The summed E-state index contributed by atoms with van der Waals surface area (Å²) in [5.74, 6) is -0.503. The second-order valence-electron chi connectivity index (χ2n) is 6.34. The minimum absolute atomic E-state index is 0.0106. The van der Waals surface area contributed by atoms with Crippen LogP contribution in [0.1, 0.15) is 40.0 Å². The van der Waals surface area contributed by atoms with Crippen LogP contribution < -0.4 is 16.4 Å². The molecule has 7 nitrogen and oxygen atoms in total. The van der Waals surface area contributed by atoms with Crippen LogP contribution in [0, 0.1) is 5.92 Å². The van der Waals surface area contributed by atoms with Crippen LogP contribution in [0.15, 0.2) is 0 Å². The van der Waals surface area contributed by atoms with Crippen molar-refractivity contribution >= 4 is 17.7 Å². The third kappa shape index (κ3) is 7.08. The first kappa shape index (κ1) is 17.4. The standard InChI is InChI=1S/C14H25N3O4/c1-14(2,3)21-8-9(11(18)7-16-13(15)20)6-10-4-5-12(19)17-10/h9-10H,4-8H2,1-3H3,(H,17,19)(H3,15,16,20). The van der Waals surface area contributed by atoms with Gasteiger partial charge in [0.1, 0.15) is 0 Å². The Morgan fingerprint density at radius 3 is 2.62 bits per heavy atom. The summed E-state index contributed by atoms with van der Waals surface area (Å²) in [6, 6.07) is -0.739. The Morgan fingerprint density at radius 1 is 1.48 bits per heavy atom. The SMILES string of the molecule is CC(C)(C)OCC(CC1CCC(=O)N1)C(=O)CNC(N)=O. The van der Waals surface area contributed by atoms with Gasteiger partial charge in [0.15, 0.2) is 5.78 Å². The van der Waals surface area contributed by atoms with E-state index in [-0.39, 0.29) is 42.4 Å². The monoisotopic (exact) mass is 299 g/mol. The van der Waals surface area contributed by atoms with Crippen molar-refractivity contribution in [2.45, 2.75) is 51.7 Å². The molecule has 1 fully saturated rings. The molecular formula is C14H25N3O4. The van der Waals surface area contributed by atoms with Crippen LogP contribution in [0.4, 0.5) is 4.79 Å². The van der Waals surface area contributed by atoms with E-state index in [2.05, 4.69) is 10.6 Å². The Bertz CT molecular complexity index is 404. The number of hydrogen-bond donors (Lipinski definition) is 3. The van der Waals surface area contributed by atoms with E-state index in [1.54, 1.807) is 0 Å². The number of amides is 3. The van der Waals surface area contributed by atoms with Crippen LogP contribution in [0.3, 0.4) is 0 Å². The maximum atomic E-state index is 12.2. The van der Waals surface area contributed by atoms with Crippen LogP contribution in [-0.2, 0) is 14.3 Å². The van der Waals surface area contributed by atoms with E-state index in [0.717, 1.165) is 6.42 Å². The molecule has 1 aliphatic rings. The summed E-state index contributed by atoms with van der Waals surface area (Å²) in [4.78, 5) is 34.1. The Labute approximate surface area is 125 Å². The van der Waals surface area contributed by atoms with E-state index < -0.39 is 6.03 Å². The molecule has 1 aliphatic heterocycles. The highest BCUT2D eigenvalue weighted by Crippen LogP contribution is 2.19. The van der Waals surface area contributed by atoms with Gasteiger partial charge in [0, 0.05) is 18.4 Å². The lowest BCUT2D eigenvalue weighted by molar-refractivity contribution is -0.127. The highest BCUT2D eigenvalue weighted by atomic mass is 16.5. The van der Waals surface area contributed by atoms with Gasteiger partial charge in [0.2, 0.25) is 5.91 Å². The van der Waals surface area contributed by atoms with E-state index in [0.29, 0.717) is 12.8 Å². The largest absolute Gasteiger partial charge is 0.375 e. The number of rotatable bonds is 7. The van der Waals surface area contributed by atoms with Gasteiger partial charge < -0.3 is 21.1 Å². The number of nitrogens with two attached hydrogens (primary N) is 1. The third-order valence-electron chi connectivity index (χ3n) is 3.26. The summed E-state index contributed by atoms with van der Waals surface area (Å²) in [7, 11) is 0. The highest BCUT2D eigenvalue weighted by Gasteiger charge is 2.29. The summed E-state index contributed by atoms with van der Waals surface area (Å²) >= 11 is 0. The molecule has 0 spiro atoms. The van der Waals surface area contributed by atoms with E-state index in [4.69, 9.17) is 10.5 Å². The van der Waals surface area contributed by atoms with Gasteiger partial charge in [0.25, 0.3) is 0 Å². The quantitative estimate of drug-likeness (QED) is 0.629. The molecule has 0 aromatic heterocycles. The van der Waals surface area contributed by atoms with Gasteiger partial charge in [-0.15, -0.1) is 0 Å². The van der Waals surface area contributed by atoms with Crippen molar-refractivity contribution in [2.24, 2.45) is 11.7 Å². The number of ketones is 1. The number of nitrogens with one attached hydrogen (secondary N) is 2. The molecule has 0 aromatic carbocycles. The topological polar surface area (TPSA) is 111 Å². The van der Waals surface area contributed by atoms with Gasteiger partial charge in [-0.2, -0.15) is 0 Å². The fraction of sp³-hybridized carbons (Fsp3) is 0.786. The third-order valence-corrected chi connectivity index (χ3v) is 3.26. The lowest BCUT2D eigenvalue weighted by Gasteiger charge is -2.25. The Kier molecular flexibility index (Phi) is 6.14. The van der Waals surface area contributed by atoms with Crippen molar-refractivity contribution in [2.75, 3.05) is 13.2 Å². The van der Waals surface area contributed by atoms with Crippen LogP contribution >= 0.6 is 0 Å². The number of primary amides is 1. The zero-order valence-corrected chi connectivity index (χ0v) is 12.9. The molecule has 0 radical (unpaired) electrons. The highest BCUT2D eigenvalue weighted by molar-refractivity contribution is 5.87. The van der Waals surface area contributed by atoms with Crippen molar-refractivity contribution < 1.29 is 19.1 Å². The van der Waals surface area contributed by atoms with Crippen LogP contribution in [0.2, 0.25) is 0 Å². The molecule has 120 valence electrons. The molecule has 7 heteroatoms. The first-order valence-electron chi connectivity index (χ1n) is 7.16. The number of carbonyl (C=O) groups is 3. The summed E-state index contributed by atoms with van der Waals surface area (Å²) in [6.45, 7) is 5.87. The minimum atomic E-state index is -0.729. The molecule has 1 rings (SSSR count). The lowest BCUT2D eigenvalue weighted by atomic mass is 9.95. The van der Waals surface area contributed by atoms with Crippen molar-refractivity contribution in [1.82, 2.24) is 10.6 Å². The Hall–Kier alpha value is -1.63. The molecule has 0 aliphatic carbocycles. The first-order chi connectivity index (χ1) is 9.67. The molecule has 2 atom stereocenters. The molecule has 3 amide bonds. The van der Waals surface area contributed by atoms with Crippen molar-refractivity contribution in [3.8, 4) is 0 Å². The van der Waals surface area contributed by atoms with Gasteiger partial charge >= 0.3 is 6.03 Å². The van der Waals surface area contributed by atoms with Crippen molar-refractivity contribution in [3.63, 3.8) is 0 Å². The van der Waals surface area contributed by atoms with E-state index in [1.807, 2.05) is 20.8 Å². The minimum Gasteiger partial charge on any atom is -0.375 e. The summed E-state index contributed by atoms with van der Waals surface area (Å²) in [5.41, 5.74) is 4.62. The smallest absolute Gasteiger partial charge is 0.312 e. The average Bonchev–Trinajstić information content (AvgIpc) is 2.76.